The summed E-state index contributed by atoms with van der Waals surface area (Å²) in [6, 6.07) is 8.79. The summed E-state index contributed by atoms with van der Waals surface area (Å²) in [6.07, 6.45) is 3.66. The van der Waals surface area contributed by atoms with Gasteiger partial charge < -0.3 is 11.1 Å². The molecule has 3 N–H and O–H groups in total. The third-order valence-electron chi connectivity index (χ3n) is 2.84. The van der Waals surface area contributed by atoms with Gasteiger partial charge in [-0.1, -0.05) is 6.92 Å². The van der Waals surface area contributed by atoms with Gasteiger partial charge in [0.1, 0.15) is 0 Å². The van der Waals surface area contributed by atoms with Gasteiger partial charge in [-0.05, 0) is 36.2 Å². The van der Waals surface area contributed by atoms with Gasteiger partial charge in [0.2, 0.25) is 0 Å². The van der Waals surface area contributed by atoms with E-state index in [0.717, 1.165) is 6.54 Å². The van der Waals surface area contributed by atoms with E-state index in [2.05, 4.69) is 17.3 Å². The first-order chi connectivity index (χ1) is 9.15. The first-order valence-electron chi connectivity index (χ1n) is 6.26. The van der Waals surface area contributed by atoms with Crippen molar-refractivity contribution < 1.29 is 4.79 Å². The van der Waals surface area contributed by atoms with Crippen LogP contribution in [0.3, 0.4) is 0 Å². The lowest BCUT2D eigenvalue weighted by molar-refractivity contribution is 0.0946. The van der Waals surface area contributed by atoms with Crippen molar-refractivity contribution in [2.45, 2.75) is 13.5 Å². The molecule has 0 bridgehead atoms. The van der Waals surface area contributed by atoms with Gasteiger partial charge in [-0.25, -0.2) is 0 Å². The number of nitrogen functional groups attached to an aromatic ring is 1. The second kappa shape index (κ2) is 7.55. The van der Waals surface area contributed by atoms with Crippen LogP contribution in [-0.4, -0.2) is 22.2 Å². The molecule has 20 heavy (non-hydrogen) atoms. The Morgan fingerprint density at radius 3 is 2.70 bits per heavy atom. The van der Waals surface area contributed by atoms with Crippen molar-refractivity contribution in [1.82, 2.24) is 15.1 Å². The fourth-order valence-electron chi connectivity index (χ4n) is 1.80. The molecule has 0 saturated heterocycles. The maximum Gasteiger partial charge on any atom is 0.251 e. The Labute approximate surface area is 124 Å². The number of hydrogen-bond donors (Lipinski definition) is 2. The molecular weight excluding hydrogens is 276 g/mol. The molecular formula is C14H19ClN4O. The third kappa shape index (κ3) is 4.59. The molecule has 108 valence electrons. The van der Waals surface area contributed by atoms with Crippen molar-refractivity contribution in [3.8, 4) is 0 Å². The van der Waals surface area contributed by atoms with Gasteiger partial charge in [0.25, 0.3) is 5.91 Å². The summed E-state index contributed by atoms with van der Waals surface area (Å²) < 4.78 is 1.86. The van der Waals surface area contributed by atoms with Crippen molar-refractivity contribution in [3.05, 3.63) is 48.3 Å². The number of aromatic nitrogens is 2. The molecule has 1 amide bonds. The van der Waals surface area contributed by atoms with Gasteiger partial charge >= 0.3 is 0 Å². The number of nitrogens with zero attached hydrogens (tertiary/aromatic N) is 2. The van der Waals surface area contributed by atoms with Crippen LogP contribution >= 0.6 is 12.4 Å². The molecule has 0 fully saturated rings. The molecule has 1 aromatic carbocycles. The lowest BCUT2D eigenvalue weighted by Crippen LogP contribution is -2.30. The first kappa shape index (κ1) is 16.0. The van der Waals surface area contributed by atoms with Crippen molar-refractivity contribution in [3.63, 3.8) is 0 Å². The Morgan fingerprint density at radius 2 is 2.10 bits per heavy atom. The Hall–Kier alpha value is -2.01. The van der Waals surface area contributed by atoms with Crippen molar-refractivity contribution in [2.24, 2.45) is 5.92 Å². The van der Waals surface area contributed by atoms with Gasteiger partial charge in [-0.3, -0.25) is 9.48 Å². The number of carbonyl (C=O) groups excluding carboxylic acids is 1. The monoisotopic (exact) mass is 294 g/mol. The summed E-state index contributed by atoms with van der Waals surface area (Å²) >= 11 is 0. The average Bonchev–Trinajstić information content (AvgIpc) is 2.89. The lowest BCUT2D eigenvalue weighted by atomic mass is 10.1. The molecule has 0 aliphatic carbocycles. The number of nitrogens with two attached hydrogens (primary N) is 1. The van der Waals surface area contributed by atoms with Gasteiger partial charge in [0.05, 0.1) is 0 Å². The van der Waals surface area contributed by atoms with Crippen LogP contribution in [0, 0.1) is 5.92 Å². The molecule has 6 heteroatoms. The average molecular weight is 295 g/mol. The van der Waals surface area contributed by atoms with Crippen LogP contribution < -0.4 is 11.1 Å². The summed E-state index contributed by atoms with van der Waals surface area (Å²) in [5, 5.41) is 7.05. The highest BCUT2D eigenvalue weighted by Crippen LogP contribution is 2.05. The fraction of sp³-hybridized carbons (Fsp3) is 0.286. The summed E-state index contributed by atoms with van der Waals surface area (Å²) in [5.74, 6) is 0.241. The van der Waals surface area contributed by atoms with E-state index >= 15 is 0 Å². The van der Waals surface area contributed by atoms with E-state index in [4.69, 9.17) is 5.73 Å². The second-order valence-corrected chi connectivity index (χ2v) is 4.67. The predicted molar refractivity (Wildman–Crippen MR) is 81.8 cm³/mol. The van der Waals surface area contributed by atoms with Crippen LogP contribution in [0.1, 0.15) is 17.3 Å². The zero-order valence-corrected chi connectivity index (χ0v) is 12.1. The number of benzene rings is 1. The summed E-state index contributed by atoms with van der Waals surface area (Å²) in [7, 11) is 0. The van der Waals surface area contributed by atoms with Gasteiger partial charge in [-0.15, -0.1) is 12.4 Å². The number of amides is 1. The van der Waals surface area contributed by atoms with E-state index in [9.17, 15) is 4.79 Å². The highest BCUT2D eigenvalue weighted by molar-refractivity contribution is 5.94. The van der Waals surface area contributed by atoms with Crippen LogP contribution in [0.25, 0.3) is 0 Å². The zero-order chi connectivity index (χ0) is 13.7. The van der Waals surface area contributed by atoms with Gasteiger partial charge in [0, 0.05) is 36.7 Å². The Morgan fingerprint density at radius 1 is 1.40 bits per heavy atom. The van der Waals surface area contributed by atoms with E-state index in [1.165, 1.54) is 0 Å². The molecule has 1 unspecified atom stereocenters. The summed E-state index contributed by atoms with van der Waals surface area (Å²) in [6.45, 7) is 3.48. The molecule has 5 nitrogen and oxygen atoms in total. The minimum absolute atomic E-state index is 0. The van der Waals surface area contributed by atoms with Crippen LogP contribution in [-0.2, 0) is 6.54 Å². The molecule has 0 radical (unpaired) electrons. The van der Waals surface area contributed by atoms with E-state index < -0.39 is 0 Å². The van der Waals surface area contributed by atoms with Crippen LogP contribution in [0.2, 0.25) is 0 Å². The van der Waals surface area contributed by atoms with E-state index in [0.29, 0.717) is 23.7 Å². The first-order valence-corrected chi connectivity index (χ1v) is 6.26. The molecule has 1 atom stereocenters. The number of hydrogen-bond acceptors (Lipinski definition) is 3. The van der Waals surface area contributed by atoms with E-state index in [-0.39, 0.29) is 18.3 Å². The maximum absolute atomic E-state index is 11.9. The molecule has 1 heterocycles. The maximum atomic E-state index is 11.9. The normalized spacial score (nSPS) is 11.4. The molecule has 0 aliphatic rings. The molecule has 2 aromatic rings. The smallest absolute Gasteiger partial charge is 0.251 e. The number of nitrogens with one attached hydrogen (secondary N) is 1. The summed E-state index contributed by atoms with van der Waals surface area (Å²) in [5.41, 5.74) is 6.86. The minimum atomic E-state index is -0.0766. The van der Waals surface area contributed by atoms with Gasteiger partial charge in [-0.2, -0.15) is 5.10 Å². The van der Waals surface area contributed by atoms with Crippen molar-refractivity contribution in [2.75, 3.05) is 12.3 Å². The van der Waals surface area contributed by atoms with Crippen LogP contribution in [0.4, 0.5) is 5.69 Å². The molecule has 0 saturated carbocycles. The Balaban J connectivity index is 0.00000200. The highest BCUT2D eigenvalue weighted by Gasteiger charge is 2.08. The van der Waals surface area contributed by atoms with Crippen molar-refractivity contribution in [1.29, 1.82) is 0 Å². The fourth-order valence-corrected chi connectivity index (χ4v) is 1.80. The standard InChI is InChI=1S/C14H18N4O.ClH/c1-11(10-18-8-2-7-17-18)9-16-14(19)12-3-5-13(15)6-4-12;/h2-8,11H,9-10,15H2,1H3,(H,16,19);1H. The third-order valence-corrected chi connectivity index (χ3v) is 2.84. The minimum Gasteiger partial charge on any atom is -0.399 e. The summed E-state index contributed by atoms with van der Waals surface area (Å²) in [4.78, 5) is 11.9. The predicted octanol–water partition coefficient (Wildman–Crippen LogP) is 1.95. The lowest BCUT2D eigenvalue weighted by Gasteiger charge is -2.12. The quantitative estimate of drug-likeness (QED) is 0.828. The molecule has 0 aliphatic heterocycles. The topological polar surface area (TPSA) is 72.9 Å². The van der Waals surface area contributed by atoms with E-state index in [1.54, 1.807) is 30.5 Å². The molecule has 0 spiro atoms. The highest BCUT2D eigenvalue weighted by atomic mass is 35.5. The SMILES string of the molecule is CC(CNC(=O)c1ccc(N)cc1)Cn1cccn1.Cl. The Kier molecular flexibility index (Phi) is 6.06. The zero-order valence-electron chi connectivity index (χ0n) is 11.3. The number of halogens is 1. The number of rotatable bonds is 5. The Bertz CT molecular complexity index is 525. The van der Waals surface area contributed by atoms with Gasteiger partial charge in [0.15, 0.2) is 0 Å². The second-order valence-electron chi connectivity index (χ2n) is 4.67. The largest absolute Gasteiger partial charge is 0.399 e. The molecule has 2 rings (SSSR count). The number of carbonyl (C=O) groups is 1. The van der Waals surface area contributed by atoms with Crippen LogP contribution in [0.5, 0.6) is 0 Å². The molecule has 1 aromatic heterocycles. The van der Waals surface area contributed by atoms with Crippen molar-refractivity contribution >= 4 is 24.0 Å². The van der Waals surface area contributed by atoms with E-state index in [1.807, 2.05) is 16.9 Å². The van der Waals surface area contributed by atoms with Crippen LogP contribution in [0.15, 0.2) is 42.7 Å². The number of anilines is 1.